The van der Waals surface area contributed by atoms with E-state index in [-0.39, 0.29) is 36.5 Å². The zero-order chi connectivity index (χ0) is 24.1. The largest absolute Gasteiger partial charge is 0.469 e. The summed E-state index contributed by atoms with van der Waals surface area (Å²) in [5, 5.41) is 0. The van der Waals surface area contributed by atoms with E-state index in [4.69, 9.17) is 13.9 Å². The zero-order valence-corrected chi connectivity index (χ0v) is 19.8. The first kappa shape index (κ1) is 24.0. The smallest absolute Gasteiger partial charge is 0.311 e. The third kappa shape index (κ3) is 4.59. The summed E-state index contributed by atoms with van der Waals surface area (Å²) < 4.78 is 15.9. The molecule has 2 aliphatic rings. The van der Waals surface area contributed by atoms with Crippen LogP contribution in [0.2, 0.25) is 0 Å². The van der Waals surface area contributed by atoms with Gasteiger partial charge in [0.2, 0.25) is 11.8 Å². The summed E-state index contributed by atoms with van der Waals surface area (Å²) in [7, 11) is 2.95. The number of carbonyl (C=O) groups excluding carboxylic acids is 3. The topological polar surface area (TPSA) is 89.3 Å². The lowest BCUT2D eigenvalue weighted by Gasteiger charge is -2.47. The highest BCUT2D eigenvalue weighted by Crippen LogP contribution is 2.44. The van der Waals surface area contributed by atoms with E-state index >= 15 is 0 Å². The molecule has 0 saturated carbocycles. The van der Waals surface area contributed by atoms with Crippen molar-refractivity contribution in [3.8, 4) is 0 Å². The highest BCUT2D eigenvalue weighted by molar-refractivity contribution is 5.89. The van der Waals surface area contributed by atoms with Crippen molar-refractivity contribution in [2.75, 3.05) is 40.5 Å². The Hall–Kier alpha value is -3.13. The molecule has 2 aliphatic heterocycles. The molecule has 182 valence electrons. The number of hydrogen-bond donors (Lipinski definition) is 0. The standard InChI is InChI=1S/C26H32N2O6/c1-32-16-14-28-24(30)18-21(25(31)33-2)26(28)10-12-27(13-11-26)23(29)17-20(22-9-6-15-34-22)19-7-4-3-5-8-19/h3-9,15,20-21H,10-14,16-18H2,1-2H3. The number of methoxy groups -OCH3 is 2. The summed E-state index contributed by atoms with van der Waals surface area (Å²) >= 11 is 0. The van der Waals surface area contributed by atoms with E-state index in [0.29, 0.717) is 39.1 Å². The predicted molar refractivity (Wildman–Crippen MR) is 124 cm³/mol. The van der Waals surface area contributed by atoms with Crippen molar-refractivity contribution in [1.29, 1.82) is 0 Å². The van der Waals surface area contributed by atoms with Crippen LogP contribution in [0.1, 0.15) is 42.9 Å². The van der Waals surface area contributed by atoms with Crippen LogP contribution in [-0.4, -0.2) is 73.6 Å². The van der Waals surface area contributed by atoms with Crippen LogP contribution in [0, 0.1) is 5.92 Å². The van der Waals surface area contributed by atoms with Gasteiger partial charge in [-0.25, -0.2) is 0 Å². The van der Waals surface area contributed by atoms with Crippen LogP contribution < -0.4 is 0 Å². The summed E-state index contributed by atoms with van der Waals surface area (Å²) in [4.78, 5) is 42.4. The van der Waals surface area contributed by atoms with Gasteiger partial charge in [0.15, 0.2) is 0 Å². The number of benzene rings is 1. The molecule has 2 unspecified atom stereocenters. The number of ether oxygens (including phenoxy) is 2. The van der Waals surface area contributed by atoms with Gasteiger partial charge in [0, 0.05) is 39.6 Å². The number of amides is 2. The van der Waals surface area contributed by atoms with Gasteiger partial charge in [-0.3, -0.25) is 14.4 Å². The lowest BCUT2D eigenvalue weighted by molar-refractivity contribution is -0.151. The number of hydrogen-bond acceptors (Lipinski definition) is 6. The minimum absolute atomic E-state index is 0.0301. The molecule has 4 rings (SSSR count). The molecule has 1 aromatic heterocycles. The van der Waals surface area contributed by atoms with Crippen molar-refractivity contribution in [2.24, 2.45) is 5.92 Å². The van der Waals surface area contributed by atoms with Crippen molar-refractivity contribution < 1.29 is 28.3 Å². The quantitative estimate of drug-likeness (QED) is 0.554. The Morgan fingerprint density at radius 3 is 2.47 bits per heavy atom. The Bertz CT molecular complexity index is 982. The first-order valence-electron chi connectivity index (χ1n) is 11.7. The number of rotatable bonds is 8. The fourth-order valence-electron chi connectivity index (χ4n) is 5.51. The Kier molecular flexibility index (Phi) is 7.36. The maximum atomic E-state index is 13.4. The number of nitrogens with zero attached hydrogens (tertiary/aromatic N) is 2. The van der Waals surface area contributed by atoms with Gasteiger partial charge in [-0.15, -0.1) is 0 Å². The molecule has 8 heteroatoms. The maximum Gasteiger partial charge on any atom is 0.311 e. The summed E-state index contributed by atoms with van der Waals surface area (Å²) in [6.45, 7) is 1.77. The molecule has 2 fully saturated rings. The second-order valence-electron chi connectivity index (χ2n) is 8.99. The van der Waals surface area contributed by atoms with Crippen molar-refractivity contribution in [3.05, 3.63) is 60.1 Å². The third-order valence-electron chi connectivity index (χ3n) is 7.32. The second-order valence-corrected chi connectivity index (χ2v) is 8.99. The second kappa shape index (κ2) is 10.4. The molecule has 8 nitrogen and oxygen atoms in total. The molecule has 34 heavy (non-hydrogen) atoms. The average molecular weight is 469 g/mol. The summed E-state index contributed by atoms with van der Waals surface area (Å²) in [5.41, 5.74) is 0.386. The van der Waals surface area contributed by atoms with Gasteiger partial charge >= 0.3 is 5.97 Å². The first-order valence-corrected chi connectivity index (χ1v) is 11.7. The van der Waals surface area contributed by atoms with Crippen LogP contribution in [0.5, 0.6) is 0 Å². The first-order chi connectivity index (χ1) is 16.5. The molecule has 2 saturated heterocycles. The zero-order valence-electron chi connectivity index (χ0n) is 19.8. The van der Waals surface area contributed by atoms with Gasteiger partial charge in [0.1, 0.15) is 5.76 Å². The van der Waals surface area contributed by atoms with E-state index < -0.39 is 11.5 Å². The van der Waals surface area contributed by atoms with Crippen molar-refractivity contribution in [1.82, 2.24) is 9.80 Å². The van der Waals surface area contributed by atoms with Crippen molar-refractivity contribution in [2.45, 2.75) is 37.1 Å². The van der Waals surface area contributed by atoms with E-state index in [0.717, 1.165) is 11.3 Å². The molecule has 0 bridgehead atoms. The van der Waals surface area contributed by atoms with Gasteiger partial charge in [0.05, 0.1) is 37.4 Å². The third-order valence-corrected chi connectivity index (χ3v) is 7.32. The molecule has 2 aromatic rings. The van der Waals surface area contributed by atoms with E-state index in [2.05, 4.69) is 0 Å². The van der Waals surface area contributed by atoms with Crippen molar-refractivity contribution >= 4 is 17.8 Å². The Labute approximate surface area is 199 Å². The Balaban J connectivity index is 1.49. The van der Waals surface area contributed by atoms with Crippen LogP contribution >= 0.6 is 0 Å². The van der Waals surface area contributed by atoms with Crippen LogP contribution in [0.4, 0.5) is 0 Å². The Morgan fingerprint density at radius 1 is 1.12 bits per heavy atom. The number of piperidine rings is 1. The number of likely N-dealkylation sites (tertiary alicyclic amines) is 2. The monoisotopic (exact) mass is 468 g/mol. The summed E-state index contributed by atoms with van der Waals surface area (Å²) in [5.74, 6) is -0.342. The van der Waals surface area contributed by atoms with Gasteiger partial charge in [-0.05, 0) is 30.5 Å². The minimum Gasteiger partial charge on any atom is -0.469 e. The number of esters is 1. The minimum atomic E-state index is -0.640. The van der Waals surface area contributed by atoms with Gasteiger partial charge in [-0.2, -0.15) is 0 Å². The van der Waals surface area contributed by atoms with E-state index in [9.17, 15) is 14.4 Å². The molecule has 1 spiro atoms. The fraction of sp³-hybridized carbons (Fsp3) is 0.500. The van der Waals surface area contributed by atoms with Crippen molar-refractivity contribution in [3.63, 3.8) is 0 Å². The van der Waals surface area contributed by atoms with E-state index in [1.165, 1.54) is 7.11 Å². The van der Waals surface area contributed by atoms with Gasteiger partial charge in [0.25, 0.3) is 0 Å². The molecule has 2 atom stereocenters. The SMILES string of the molecule is COCCN1C(=O)CC(C(=O)OC)C12CCN(C(=O)CC(c1ccccc1)c1ccco1)CC2. The molecule has 3 heterocycles. The lowest BCUT2D eigenvalue weighted by Crippen LogP contribution is -2.58. The Morgan fingerprint density at radius 2 is 1.85 bits per heavy atom. The fourth-order valence-corrected chi connectivity index (χ4v) is 5.51. The molecule has 0 radical (unpaired) electrons. The highest BCUT2D eigenvalue weighted by atomic mass is 16.5. The van der Waals surface area contributed by atoms with E-state index in [1.54, 1.807) is 18.3 Å². The highest BCUT2D eigenvalue weighted by Gasteiger charge is 2.57. The molecule has 0 aliphatic carbocycles. The normalized spacial score (nSPS) is 20.5. The average Bonchev–Trinajstić information content (AvgIpc) is 3.49. The van der Waals surface area contributed by atoms with E-state index in [1.807, 2.05) is 47.4 Å². The predicted octanol–water partition coefficient (Wildman–Crippen LogP) is 2.83. The molecule has 2 amide bonds. The van der Waals surface area contributed by atoms with Crippen LogP contribution in [0.3, 0.4) is 0 Å². The number of furan rings is 1. The number of carbonyl (C=O) groups is 3. The molecular weight excluding hydrogens is 436 g/mol. The van der Waals surface area contributed by atoms with Crippen LogP contribution in [0.25, 0.3) is 0 Å². The summed E-state index contributed by atoms with van der Waals surface area (Å²) in [6, 6.07) is 13.6. The van der Waals surface area contributed by atoms with Gasteiger partial charge < -0.3 is 23.7 Å². The van der Waals surface area contributed by atoms with Gasteiger partial charge in [-0.1, -0.05) is 30.3 Å². The summed E-state index contributed by atoms with van der Waals surface area (Å²) in [6.07, 6.45) is 3.12. The van der Waals surface area contributed by atoms with Crippen LogP contribution in [0.15, 0.2) is 53.1 Å². The van der Waals surface area contributed by atoms with Crippen LogP contribution in [-0.2, 0) is 23.9 Å². The lowest BCUT2D eigenvalue weighted by atomic mass is 9.76. The molecule has 0 N–H and O–H groups in total. The maximum absolute atomic E-state index is 13.4. The molecular formula is C26H32N2O6. The molecule has 1 aromatic carbocycles.